The molecule has 21 heavy (non-hydrogen) atoms. The first-order valence-corrected chi connectivity index (χ1v) is 8.49. The minimum atomic E-state index is -3.41. The number of aromatic nitrogens is 2. The van der Waals surface area contributed by atoms with E-state index in [2.05, 4.69) is 10.1 Å². The van der Waals surface area contributed by atoms with E-state index in [1.807, 2.05) is 0 Å². The van der Waals surface area contributed by atoms with E-state index < -0.39 is 9.84 Å². The Labute approximate surface area is 127 Å². The van der Waals surface area contributed by atoms with Gasteiger partial charge in [0.15, 0.2) is 9.84 Å². The Morgan fingerprint density at radius 2 is 2.19 bits per heavy atom. The minimum Gasteiger partial charge on any atom is -0.396 e. The van der Waals surface area contributed by atoms with Gasteiger partial charge in [0.1, 0.15) is 5.75 Å². The van der Waals surface area contributed by atoms with Crippen molar-refractivity contribution in [2.75, 3.05) is 12.4 Å². The van der Waals surface area contributed by atoms with Crippen LogP contribution >= 0.6 is 11.6 Å². The Balaban J connectivity index is 2.14. The van der Waals surface area contributed by atoms with Crippen molar-refractivity contribution >= 4 is 21.4 Å². The first-order chi connectivity index (χ1) is 9.89. The molecule has 0 radical (unpaired) electrons. The smallest absolute Gasteiger partial charge is 0.242 e. The molecule has 1 N–H and O–H groups in total. The lowest BCUT2D eigenvalue weighted by Crippen LogP contribution is -2.18. The third kappa shape index (κ3) is 4.52. The Kier molecular flexibility index (Phi) is 4.97. The zero-order valence-corrected chi connectivity index (χ0v) is 12.9. The predicted molar refractivity (Wildman–Crippen MR) is 78.5 cm³/mol. The van der Waals surface area contributed by atoms with Crippen LogP contribution in [0, 0.1) is 5.92 Å². The van der Waals surface area contributed by atoms with Gasteiger partial charge in [0, 0.05) is 17.2 Å². The van der Waals surface area contributed by atoms with Crippen LogP contribution in [-0.2, 0) is 15.6 Å². The summed E-state index contributed by atoms with van der Waals surface area (Å²) in [5.41, 5.74) is 0.652. The number of aliphatic hydroxyl groups is 1. The van der Waals surface area contributed by atoms with E-state index in [0.717, 1.165) is 0 Å². The lowest BCUT2D eigenvalue weighted by atomic mass is 10.2. The summed E-state index contributed by atoms with van der Waals surface area (Å²) in [7, 11) is -3.41. The molecule has 6 nitrogen and oxygen atoms in total. The molecule has 1 heterocycles. The van der Waals surface area contributed by atoms with Crippen LogP contribution in [0.15, 0.2) is 28.8 Å². The second-order valence-electron chi connectivity index (χ2n) is 4.86. The van der Waals surface area contributed by atoms with Crippen molar-refractivity contribution in [3.8, 4) is 11.4 Å². The van der Waals surface area contributed by atoms with Crippen molar-refractivity contribution in [1.29, 1.82) is 0 Å². The highest BCUT2D eigenvalue weighted by Gasteiger charge is 2.20. The summed E-state index contributed by atoms with van der Waals surface area (Å²) in [6, 6.07) is 6.88. The molecule has 1 aromatic carbocycles. The number of hydrogen-bond acceptors (Lipinski definition) is 6. The molecule has 0 amide bonds. The van der Waals surface area contributed by atoms with Gasteiger partial charge in [-0.05, 0) is 18.1 Å². The van der Waals surface area contributed by atoms with Gasteiger partial charge in [-0.1, -0.05) is 35.8 Å². The standard InChI is InChI=1S/C13H15ClN2O4S/c1-9(6-17)7-21(18,19)8-12-15-13(16-20-12)10-3-2-4-11(14)5-10/h2-5,9,17H,6-8H2,1H3. The number of rotatable bonds is 6. The van der Waals surface area contributed by atoms with Gasteiger partial charge in [-0.3, -0.25) is 0 Å². The third-order valence-electron chi connectivity index (χ3n) is 2.74. The number of benzene rings is 1. The monoisotopic (exact) mass is 330 g/mol. The Morgan fingerprint density at radius 1 is 1.43 bits per heavy atom. The zero-order valence-electron chi connectivity index (χ0n) is 11.4. The number of sulfone groups is 1. The number of halogens is 1. The van der Waals surface area contributed by atoms with E-state index in [1.165, 1.54) is 0 Å². The summed E-state index contributed by atoms with van der Waals surface area (Å²) in [4.78, 5) is 4.06. The second-order valence-corrected chi connectivity index (χ2v) is 7.41. The quantitative estimate of drug-likeness (QED) is 0.869. The van der Waals surface area contributed by atoms with Crippen LogP contribution in [-0.4, -0.2) is 36.0 Å². The van der Waals surface area contributed by atoms with E-state index in [-0.39, 0.29) is 35.7 Å². The van der Waals surface area contributed by atoms with Crippen molar-refractivity contribution in [3.05, 3.63) is 35.2 Å². The molecule has 0 aliphatic carbocycles. The van der Waals surface area contributed by atoms with E-state index in [9.17, 15) is 8.42 Å². The zero-order chi connectivity index (χ0) is 15.5. The van der Waals surface area contributed by atoms with Crippen molar-refractivity contribution in [1.82, 2.24) is 10.1 Å². The average molecular weight is 331 g/mol. The highest BCUT2D eigenvalue weighted by molar-refractivity contribution is 7.90. The van der Waals surface area contributed by atoms with Gasteiger partial charge < -0.3 is 9.63 Å². The van der Waals surface area contributed by atoms with Crippen LogP contribution in [0.3, 0.4) is 0 Å². The summed E-state index contributed by atoms with van der Waals surface area (Å²) in [6.07, 6.45) is 0. The normalized spacial score (nSPS) is 13.3. The van der Waals surface area contributed by atoms with Crippen LogP contribution in [0.25, 0.3) is 11.4 Å². The molecule has 2 rings (SSSR count). The van der Waals surface area contributed by atoms with Crippen LogP contribution < -0.4 is 0 Å². The van der Waals surface area contributed by atoms with Gasteiger partial charge in [-0.2, -0.15) is 4.98 Å². The van der Waals surface area contributed by atoms with E-state index in [4.69, 9.17) is 21.2 Å². The largest absolute Gasteiger partial charge is 0.396 e. The average Bonchev–Trinajstić information content (AvgIpc) is 2.85. The summed E-state index contributed by atoms with van der Waals surface area (Å²) in [5.74, 6) is -0.484. The molecule has 0 saturated carbocycles. The first kappa shape index (κ1) is 15.9. The SMILES string of the molecule is CC(CO)CS(=O)(=O)Cc1nc(-c2cccc(Cl)c2)no1. The maximum absolute atomic E-state index is 11.9. The van der Waals surface area contributed by atoms with Gasteiger partial charge in [-0.15, -0.1) is 0 Å². The van der Waals surface area contributed by atoms with Gasteiger partial charge in [0.05, 0.1) is 5.75 Å². The number of nitrogens with zero attached hydrogens (tertiary/aromatic N) is 2. The molecule has 0 aliphatic heterocycles. The van der Waals surface area contributed by atoms with Crippen molar-refractivity contribution < 1.29 is 18.0 Å². The molecule has 0 bridgehead atoms. The summed E-state index contributed by atoms with van der Waals surface area (Å²) < 4.78 is 28.8. The predicted octanol–water partition coefficient (Wildman–Crippen LogP) is 1.93. The summed E-state index contributed by atoms with van der Waals surface area (Å²) >= 11 is 5.88. The second kappa shape index (κ2) is 6.55. The van der Waals surface area contributed by atoms with Crippen molar-refractivity contribution in [2.45, 2.75) is 12.7 Å². The fourth-order valence-electron chi connectivity index (χ4n) is 1.79. The van der Waals surface area contributed by atoms with Gasteiger partial charge in [-0.25, -0.2) is 8.42 Å². The van der Waals surface area contributed by atoms with E-state index >= 15 is 0 Å². The van der Waals surface area contributed by atoms with Crippen LogP contribution in [0.2, 0.25) is 5.02 Å². The molecule has 0 saturated heterocycles. The first-order valence-electron chi connectivity index (χ1n) is 6.29. The Morgan fingerprint density at radius 3 is 2.86 bits per heavy atom. The molecule has 114 valence electrons. The molecule has 0 aliphatic rings. The highest BCUT2D eigenvalue weighted by atomic mass is 35.5. The van der Waals surface area contributed by atoms with E-state index in [1.54, 1.807) is 31.2 Å². The van der Waals surface area contributed by atoms with Gasteiger partial charge >= 0.3 is 0 Å². The molecule has 2 aromatic rings. The molecular formula is C13H15ClN2O4S. The lowest BCUT2D eigenvalue weighted by molar-refractivity contribution is 0.249. The van der Waals surface area contributed by atoms with Crippen LogP contribution in [0.4, 0.5) is 0 Å². The highest BCUT2D eigenvalue weighted by Crippen LogP contribution is 2.20. The molecule has 0 fully saturated rings. The molecule has 8 heteroatoms. The fourth-order valence-corrected chi connectivity index (χ4v) is 3.57. The molecule has 0 spiro atoms. The number of aliphatic hydroxyl groups excluding tert-OH is 1. The molecule has 1 aromatic heterocycles. The topological polar surface area (TPSA) is 93.3 Å². The number of hydrogen-bond donors (Lipinski definition) is 1. The molecular weight excluding hydrogens is 316 g/mol. The Bertz CT molecular complexity index is 714. The van der Waals surface area contributed by atoms with Crippen LogP contribution in [0.5, 0.6) is 0 Å². The van der Waals surface area contributed by atoms with E-state index in [0.29, 0.717) is 10.6 Å². The Hall–Kier alpha value is -1.44. The third-order valence-corrected chi connectivity index (χ3v) is 4.74. The fraction of sp³-hybridized carbons (Fsp3) is 0.385. The summed E-state index contributed by atoms with van der Waals surface area (Å²) in [6.45, 7) is 1.47. The maximum atomic E-state index is 11.9. The van der Waals surface area contributed by atoms with Crippen molar-refractivity contribution in [2.24, 2.45) is 5.92 Å². The van der Waals surface area contributed by atoms with Gasteiger partial charge in [0.2, 0.25) is 11.7 Å². The van der Waals surface area contributed by atoms with Gasteiger partial charge in [0.25, 0.3) is 0 Å². The summed E-state index contributed by atoms with van der Waals surface area (Å²) in [5, 5.41) is 13.2. The lowest BCUT2D eigenvalue weighted by Gasteiger charge is -2.06. The minimum absolute atomic E-state index is 0.0233. The molecule has 1 atom stereocenters. The van der Waals surface area contributed by atoms with Crippen molar-refractivity contribution in [3.63, 3.8) is 0 Å². The van der Waals surface area contributed by atoms with Crippen LogP contribution in [0.1, 0.15) is 12.8 Å². The maximum Gasteiger partial charge on any atom is 0.242 e. The molecule has 1 unspecified atom stereocenters.